The number of anilines is 2. The average Bonchev–Trinajstić information content (AvgIpc) is 2.89. The second-order valence-electron chi connectivity index (χ2n) is 8.37. The zero-order chi connectivity index (χ0) is 25.5. The molecule has 2 aromatic heterocycles. The Morgan fingerprint density at radius 1 is 1.11 bits per heavy atom. The summed E-state index contributed by atoms with van der Waals surface area (Å²) in [5.41, 5.74) is 13.7. The third-order valence-corrected chi connectivity index (χ3v) is 5.97. The largest absolute Gasteiger partial charge is 0.456 e. The number of nitriles is 1. The van der Waals surface area contributed by atoms with Gasteiger partial charge in [-0.25, -0.2) is 9.97 Å². The van der Waals surface area contributed by atoms with E-state index in [4.69, 9.17) is 26.2 Å². The van der Waals surface area contributed by atoms with Gasteiger partial charge >= 0.3 is 0 Å². The van der Waals surface area contributed by atoms with Crippen LogP contribution in [0.3, 0.4) is 0 Å². The number of carbonyl (C=O) groups is 1. The van der Waals surface area contributed by atoms with Crippen LogP contribution in [-0.4, -0.2) is 41.0 Å². The standard InChI is InChI=1S/C26H27N7O3/c1-35-19-8-4-18(5-9-19)32-25(29)23-21(11-13-31-24(23)28)36-20-6-2-17(3-7-20)26(34)33-22-14-16(15-27)10-12-30-22/h2-3,6-7,10-14,18-19H,4-5,8-9H2,1H3,(H2,28,31)(H2,29,32)(H,30,33,34). The van der Waals surface area contributed by atoms with Gasteiger partial charge in [-0.3, -0.25) is 9.79 Å². The minimum Gasteiger partial charge on any atom is -0.456 e. The third-order valence-electron chi connectivity index (χ3n) is 5.97. The molecule has 184 valence electrons. The van der Waals surface area contributed by atoms with E-state index in [2.05, 4.69) is 20.3 Å². The molecule has 0 bridgehead atoms. The lowest BCUT2D eigenvalue weighted by Gasteiger charge is -2.25. The Balaban J connectivity index is 1.47. The maximum Gasteiger partial charge on any atom is 0.256 e. The number of hydrogen-bond acceptors (Lipinski definition) is 8. The van der Waals surface area contributed by atoms with Crippen LogP contribution in [0.5, 0.6) is 11.5 Å². The van der Waals surface area contributed by atoms with Crippen LogP contribution < -0.4 is 21.5 Å². The lowest BCUT2D eigenvalue weighted by molar-refractivity contribution is 0.0667. The van der Waals surface area contributed by atoms with Crippen LogP contribution in [0, 0.1) is 11.3 Å². The first kappa shape index (κ1) is 24.6. The summed E-state index contributed by atoms with van der Waals surface area (Å²) in [4.78, 5) is 25.5. The normalized spacial score (nSPS) is 17.7. The fraction of sp³-hybridized carbons (Fsp3) is 0.269. The Labute approximate surface area is 209 Å². The SMILES string of the molecule is COC1CCC(N=C(N)c2c(Oc3ccc(C(=O)Nc4cc(C#N)ccn4)cc3)ccnc2N)CC1. The highest BCUT2D eigenvalue weighted by molar-refractivity contribution is 6.04. The summed E-state index contributed by atoms with van der Waals surface area (Å²) < 4.78 is 11.5. The number of amides is 1. The summed E-state index contributed by atoms with van der Waals surface area (Å²) >= 11 is 0. The first-order valence-corrected chi connectivity index (χ1v) is 11.5. The van der Waals surface area contributed by atoms with E-state index in [0.717, 1.165) is 25.7 Å². The molecule has 1 aromatic carbocycles. The minimum atomic E-state index is -0.363. The number of amidine groups is 1. The van der Waals surface area contributed by atoms with Gasteiger partial charge in [-0.2, -0.15) is 5.26 Å². The zero-order valence-corrected chi connectivity index (χ0v) is 19.8. The third kappa shape index (κ3) is 5.95. The van der Waals surface area contributed by atoms with Crippen LogP contribution in [0.1, 0.15) is 47.2 Å². The first-order chi connectivity index (χ1) is 17.5. The average molecular weight is 486 g/mol. The van der Waals surface area contributed by atoms with Gasteiger partial charge in [0, 0.05) is 31.1 Å². The summed E-state index contributed by atoms with van der Waals surface area (Å²) in [6.07, 6.45) is 6.90. The number of nitrogens with zero attached hydrogens (tertiary/aromatic N) is 4. The number of aromatic nitrogens is 2. The molecule has 0 aliphatic heterocycles. The van der Waals surface area contributed by atoms with Crippen molar-refractivity contribution in [3.63, 3.8) is 0 Å². The minimum absolute atomic E-state index is 0.0880. The van der Waals surface area contributed by atoms with Gasteiger partial charge in [-0.1, -0.05) is 0 Å². The van der Waals surface area contributed by atoms with E-state index in [9.17, 15) is 4.79 Å². The van der Waals surface area contributed by atoms with Gasteiger partial charge in [0.15, 0.2) is 0 Å². The molecule has 4 rings (SSSR count). The number of ether oxygens (including phenoxy) is 2. The van der Waals surface area contributed by atoms with Crippen LogP contribution >= 0.6 is 0 Å². The van der Waals surface area contributed by atoms with E-state index in [1.54, 1.807) is 43.5 Å². The van der Waals surface area contributed by atoms with Gasteiger partial charge in [0.05, 0.1) is 23.8 Å². The van der Waals surface area contributed by atoms with Crippen molar-refractivity contribution >= 4 is 23.4 Å². The quantitative estimate of drug-likeness (QED) is 0.337. The lowest BCUT2D eigenvalue weighted by atomic mass is 9.93. The summed E-state index contributed by atoms with van der Waals surface area (Å²) in [5.74, 6) is 1.33. The van der Waals surface area contributed by atoms with Crippen molar-refractivity contribution in [2.75, 3.05) is 18.2 Å². The number of carbonyl (C=O) groups excluding carboxylic acids is 1. The highest BCUT2D eigenvalue weighted by atomic mass is 16.5. The predicted octanol–water partition coefficient (Wildman–Crippen LogP) is 3.64. The van der Waals surface area contributed by atoms with Crippen LogP contribution in [0.2, 0.25) is 0 Å². The first-order valence-electron chi connectivity index (χ1n) is 11.5. The van der Waals surface area contributed by atoms with E-state index in [1.807, 2.05) is 6.07 Å². The second kappa shape index (κ2) is 11.3. The van der Waals surface area contributed by atoms with E-state index in [0.29, 0.717) is 34.0 Å². The molecule has 10 heteroatoms. The van der Waals surface area contributed by atoms with Crippen molar-refractivity contribution in [1.82, 2.24) is 9.97 Å². The Kier molecular flexibility index (Phi) is 7.72. The van der Waals surface area contributed by atoms with Gasteiger partial charge in [0.25, 0.3) is 5.91 Å². The van der Waals surface area contributed by atoms with Crippen molar-refractivity contribution in [3.05, 3.63) is 71.5 Å². The molecular formula is C26H27N7O3. The molecule has 1 fully saturated rings. The molecule has 1 aliphatic rings. The number of rotatable bonds is 7. The highest BCUT2D eigenvalue weighted by Gasteiger charge is 2.22. The molecule has 0 radical (unpaired) electrons. The molecule has 0 saturated heterocycles. The summed E-state index contributed by atoms with van der Waals surface area (Å²) in [5, 5.41) is 11.7. The van der Waals surface area contributed by atoms with Crippen molar-refractivity contribution in [3.8, 4) is 17.6 Å². The van der Waals surface area contributed by atoms with Crippen LogP contribution in [-0.2, 0) is 4.74 Å². The number of nitrogens with one attached hydrogen (secondary N) is 1. The predicted molar refractivity (Wildman–Crippen MR) is 136 cm³/mol. The van der Waals surface area contributed by atoms with Crippen LogP contribution in [0.4, 0.5) is 11.6 Å². The van der Waals surface area contributed by atoms with Crippen LogP contribution in [0.25, 0.3) is 0 Å². The maximum absolute atomic E-state index is 12.6. The molecule has 2 heterocycles. The van der Waals surface area contributed by atoms with Crippen molar-refractivity contribution < 1.29 is 14.3 Å². The van der Waals surface area contributed by atoms with Gasteiger partial charge in [-0.05, 0) is 62.1 Å². The number of hydrogen-bond donors (Lipinski definition) is 3. The molecule has 1 saturated carbocycles. The van der Waals surface area contributed by atoms with E-state index in [1.165, 1.54) is 18.5 Å². The lowest BCUT2D eigenvalue weighted by Crippen LogP contribution is -2.26. The number of nitrogens with two attached hydrogens (primary N) is 2. The number of benzene rings is 1. The molecule has 1 aliphatic carbocycles. The Bertz CT molecular complexity index is 1290. The highest BCUT2D eigenvalue weighted by Crippen LogP contribution is 2.30. The number of pyridine rings is 2. The second-order valence-corrected chi connectivity index (χ2v) is 8.37. The van der Waals surface area contributed by atoms with Crippen LogP contribution in [0.15, 0.2) is 59.9 Å². The van der Waals surface area contributed by atoms with Crippen molar-refractivity contribution in [2.45, 2.75) is 37.8 Å². The summed E-state index contributed by atoms with van der Waals surface area (Å²) in [6.45, 7) is 0. The Hall–Kier alpha value is -4.49. The molecule has 5 N–H and O–H groups in total. The number of methoxy groups -OCH3 is 1. The summed E-state index contributed by atoms with van der Waals surface area (Å²) in [6, 6.07) is 13.4. The topological polar surface area (TPSA) is 162 Å². The Morgan fingerprint density at radius 3 is 2.53 bits per heavy atom. The molecule has 0 spiro atoms. The van der Waals surface area contributed by atoms with Gasteiger partial charge in [0.2, 0.25) is 0 Å². The smallest absolute Gasteiger partial charge is 0.256 e. The monoisotopic (exact) mass is 485 g/mol. The van der Waals surface area contributed by atoms with E-state index >= 15 is 0 Å². The van der Waals surface area contributed by atoms with Crippen molar-refractivity contribution in [1.29, 1.82) is 5.26 Å². The fourth-order valence-corrected chi connectivity index (χ4v) is 4.03. The van der Waals surface area contributed by atoms with Gasteiger partial charge < -0.3 is 26.3 Å². The molecule has 10 nitrogen and oxygen atoms in total. The molecular weight excluding hydrogens is 458 g/mol. The van der Waals surface area contributed by atoms with Gasteiger partial charge in [-0.15, -0.1) is 0 Å². The number of nitrogen functional groups attached to an aromatic ring is 1. The van der Waals surface area contributed by atoms with Crippen molar-refractivity contribution in [2.24, 2.45) is 10.7 Å². The molecule has 0 unspecified atom stereocenters. The maximum atomic E-state index is 12.6. The summed E-state index contributed by atoms with van der Waals surface area (Å²) in [7, 11) is 1.73. The van der Waals surface area contributed by atoms with E-state index in [-0.39, 0.29) is 29.7 Å². The number of aliphatic imine (C=N–C) groups is 1. The molecule has 3 aromatic rings. The molecule has 1 amide bonds. The fourth-order valence-electron chi connectivity index (χ4n) is 4.03. The molecule has 36 heavy (non-hydrogen) atoms. The zero-order valence-electron chi connectivity index (χ0n) is 19.8. The Morgan fingerprint density at radius 2 is 1.83 bits per heavy atom. The van der Waals surface area contributed by atoms with E-state index < -0.39 is 0 Å². The van der Waals surface area contributed by atoms with Gasteiger partial charge in [0.1, 0.15) is 34.5 Å². The molecule has 0 atom stereocenters.